The summed E-state index contributed by atoms with van der Waals surface area (Å²) in [4.78, 5) is 11.6. The van der Waals surface area contributed by atoms with E-state index in [2.05, 4.69) is 21.1 Å². The normalized spacial score (nSPS) is 24.4. The van der Waals surface area contributed by atoms with E-state index in [0.717, 1.165) is 49.2 Å². The number of aromatic nitrogens is 1. The summed E-state index contributed by atoms with van der Waals surface area (Å²) in [6.07, 6.45) is 9.14. The van der Waals surface area contributed by atoms with Crippen molar-refractivity contribution in [3.05, 3.63) is 35.3 Å². The molecule has 0 saturated heterocycles. The molecule has 1 saturated carbocycles. The van der Waals surface area contributed by atoms with Crippen molar-refractivity contribution >= 4 is 11.9 Å². The molecule has 1 aliphatic carbocycles. The molecule has 1 fully saturated rings. The van der Waals surface area contributed by atoms with E-state index in [9.17, 15) is 5.11 Å². The summed E-state index contributed by atoms with van der Waals surface area (Å²) >= 11 is 0. The number of ether oxygens (including phenoxy) is 1. The molecule has 3 rings (SSSR count). The summed E-state index contributed by atoms with van der Waals surface area (Å²) < 4.78 is 5.48. The van der Waals surface area contributed by atoms with Crippen LogP contribution in [0.4, 0.5) is 0 Å². The maximum atomic E-state index is 10.1. The Kier molecular flexibility index (Phi) is 5.25. The van der Waals surface area contributed by atoms with E-state index in [1.807, 2.05) is 32.4 Å². The molecular formula is C20H29N3O2. The fourth-order valence-electron chi connectivity index (χ4n) is 3.66. The number of rotatable bonds is 4. The number of hydrogen-bond acceptors (Lipinski definition) is 5. The molecule has 5 heteroatoms. The van der Waals surface area contributed by atoms with E-state index >= 15 is 0 Å². The summed E-state index contributed by atoms with van der Waals surface area (Å²) in [7, 11) is 1.81. The van der Waals surface area contributed by atoms with Gasteiger partial charge in [0.25, 0.3) is 0 Å². The highest BCUT2D eigenvalue weighted by molar-refractivity contribution is 5.78. The molecule has 1 aromatic rings. The highest BCUT2D eigenvalue weighted by Crippen LogP contribution is 2.29. The smallest absolute Gasteiger partial charge is 0.101 e. The highest BCUT2D eigenvalue weighted by Gasteiger charge is 2.26. The SMILES string of the molecule is COC1CCC(N2C=C(c3ccc(C(C)(C)O)nc3C)N=CC2)CC1. The summed E-state index contributed by atoms with van der Waals surface area (Å²) in [6, 6.07) is 4.46. The number of aryl methyl sites for hydroxylation is 1. The van der Waals surface area contributed by atoms with Crippen LogP contribution in [0.15, 0.2) is 23.3 Å². The van der Waals surface area contributed by atoms with Crippen LogP contribution in [0.5, 0.6) is 0 Å². The van der Waals surface area contributed by atoms with Gasteiger partial charge in [-0.15, -0.1) is 0 Å². The minimum atomic E-state index is -0.931. The first-order valence-corrected chi connectivity index (χ1v) is 9.12. The van der Waals surface area contributed by atoms with Crippen LogP contribution in [0.2, 0.25) is 0 Å². The van der Waals surface area contributed by atoms with Gasteiger partial charge in [0.2, 0.25) is 0 Å². The molecule has 0 spiro atoms. The Hall–Kier alpha value is -1.72. The molecule has 5 nitrogen and oxygen atoms in total. The van der Waals surface area contributed by atoms with Crippen molar-refractivity contribution in [1.29, 1.82) is 0 Å². The van der Waals surface area contributed by atoms with Crippen LogP contribution in [0.1, 0.15) is 56.5 Å². The Morgan fingerprint density at radius 2 is 1.92 bits per heavy atom. The Labute approximate surface area is 150 Å². The molecule has 25 heavy (non-hydrogen) atoms. The van der Waals surface area contributed by atoms with Crippen molar-refractivity contribution in [3.63, 3.8) is 0 Å². The molecule has 0 bridgehead atoms. The molecule has 0 unspecified atom stereocenters. The summed E-state index contributed by atoms with van der Waals surface area (Å²) in [5, 5.41) is 10.1. The summed E-state index contributed by atoms with van der Waals surface area (Å²) in [6.45, 7) is 6.35. The van der Waals surface area contributed by atoms with Crippen LogP contribution in [-0.4, -0.2) is 47.0 Å². The van der Waals surface area contributed by atoms with E-state index < -0.39 is 5.60 Å². The van der Waals surface area contributed by atoms with E-state index in [1.165, 1.54) is 0 Å². The van der Waals surface area contributed by atoms with Gasteiger partial charge in [-0.25, -0.2) is 0 Å². The number of methoxy groups -OCH3 is 1. The lowest BCUT2D eigenvalue weighted by molar-refractivity contribution is 0.0501. The predicted octanol–water partition coefficient (Wildman–Crippen LogP) is 3.26. The van der Waals surface area contributed by atoms with Gasteiger partial charge in [0.15, 0.2) is 0 Å². The molecular weight excluding hydrogens is 314 g/mol. The number of nitrogens with zero attached hydrogens (tertiary/aromatic N) is 3. The van der Waals surface area contributed by atoms with Gasteiger partial charge >= 0.3 is 0 Å². The fraction of sp³-hybridized carbons (Fsp3) is 0.600. The molecule has 2 aliphatic rings. The lowest BCUT2D eigenvalue weighted by Gasteiger charge is -2.36. The van der Waals surface area contributed by atoms with Gasteiger partial charge in [-0.3, -0.25) is 9.98 Å². The summed E-state index contributed by atoms with van der Waals surface area (Å²) in [5.74, 6) is 0. The molecule has 1 aliphatic heterocycles. The van der Waals surface area contributed by atoms with Crippen LogP contribution in [0, 0.1) is 6.92 Å². The largest absolute Gasteiger partial charge is 0.384 e. The monoisotopic (exact) mass is 343 g/mol. The third-order valence-electron chi connectivity index (χ3n) is 5.25. The van der Waals surface area contributed by atoms with Crippen molar-refractivity contribution in [1.82, 2.24) is 9.88 Å². The first-order chi connectivity index (χ1) is 11.9. The van der Waals surface area contributed by atoms with Crippen LogP contribution < -0.4 is 0 Å². The highest BCUT2D eigenvalue weighted by atomic mass is 16.5. The number of aliphatic hydroxyl groups is 1. The standard InChI is InChI=1S/C20H29N3O2/c1-14-17(9-10-19(22-14)20(2,3)24)18-13-23(12-11-21-18)15-5-7-16(25-4)8-6-15/h9-11,13,15-16,24H,5-8,12H2,1-4H3. The predicted molar refractivity (Wildman–Crippen MR) is 100 cm³/mol. The minimum absolute atomic E-state index is 0.416. The Morgan fingerprint density at radius 1 is 1.20 bits per heavy atom. The lowest BCUT2D eigenvalue weighted by Crippen LogP contribution is -2.38. The van der Waals surface area contributed by atoms with E-state index in [0.29, 0.717) is 17.8 Å². The van der Waals surface area contributed by atoms with Crippen molar-refractivity contribution < 1.29 is 9.84 Å². The van der Waals surface area contributed by atoms with Crippen molar-refractivity contribution in [2.75, 3.05) is 13.7 Å². The third kappa shape index (κ3) is 4.10. The average Bonchev–Trinajstić information content (AvgIpc) is 2.61. The Bertz CT molecular complexity index is 668. The molecule has 136 valence electrons. The number of aliphatic imine (C=N–C) groups is 1. The van der Waals surface area contributed by atoms with E-state index in [4.69, 9.17) is 4.74 Å². The van der Waals surface area contributed by atoms with Gasteiger partial charge in [0.1, 0.15) is 5.60 Å². The van der Waals surface area contributed by atoms with E-state index in [-0.39, 0.29) is 0 Å². The van der Waals surface area contributed by atoms with Gasteiger partial charge in [0, 0.05) is 36.8 Å². The van der Waals surface area contributed by atoms with Crippen molar-refractivity contribution in [3.8, 4) is 0 Å². The molecule has 0 amide bonds. The van der Waals surface area contributed by atoms with Gasteiger partial charge < -0.3 is 14.7 Å². The number of hydrogen-bond donors (Lipinski definition) is 1. The topological polar surface area (TPSA) is 58.0 Å². The van der Waals surface area contributed by atoms with Gasteiger partial charge in [-0.2, -0.15) is 0 Å². The van der Waals surface area contributed by atoms with Gasteiger partial charge in [-0.05, 0) is 58.6 Å². The zero-order valence-electron chi connectivity index (χ0n) is 15.7. The quantitative estimate of drug-likeness (QED) is 0.912. The van der Waals surface area contributed by atoms with Gasteiger partial charge in [0.05, 0.1) is 24.0 Å². The van der Waals surface area contributed by atoms with Crippen LogP contribution in [0.3, 0.4) is 0 Å². The Balaban J connectivity index is 1.78. The molecule has 2 heterocycles. The Morgan fingerprint density at radius 3 is 2.52 bits per heavy atom. The zero-order valence-corrected chi connectivity index (χ0v) is 15.7. The molecule has 0 aromatic carbocycles. The summed E-state index contributed by atoms with van der Waals surface area (Å²) in [5.41, 5.74) is 2.63. The molecule has 0 atom stereocenters. The maximum Gasteiger partial charge on any atom is 0.101 e. The van der Waals surface area contributed by atoms with Crippen molar-refractivity contribution in [2.45, 2.75) is 64.2 Å². The first kappa shape index (κ1) is 18.1. The first-order valence-electron chi connectivity index (χ1n) is 9.12. The van der Waals surface area contributed by atoms with Crippen molar-refractivity contribution in [2.24, 2.45) is 4.99 Å². The fourth-order valence-corrected chi connectivity index (χ4v) is 3.66. The van der Waals surface area contributed by atoms with Gasteiger partial charge in [-0.1, -0.05) is 0 Å². The second kappa shape index (κ2) is 7.26. The molecule has 1 aromatic heterocycles. The molecule has 1 N–H and O–H groups in total. The van der Waals surface area contributed by atoms with E-state index in [1.54, 1.807) is 13.8 Å². The maximum absolute atomic E-state index is 10.1. The lowest BCUT2D eigenvalue weighted by atomic mass is 9.91. The molecule has 0 radical (unpaired) electrons. The van der Waals surface area contributed by atoms with Crippen LogP contribution in [-0.2, 0) is 10.3 Å². The third-order valence-corrected chi connectivity index (χ3v) is 5.25. The number of pyridine rings is 1. The second-order valence-corrected chi connectivity index (χ2v) is 7.58. The van der Waals surface area contributed by atoms with Crippen LogP contribution >= 0.6 is 0 Å². The zero-order chi connectivity index (χ0) is 18.0. The minimum Gasteiger partial charge on any atom is -0.384 e. The van der Waals surface area contributed by atoms with Crippen LogP contribution in [0.25, 0.3) is 5.70 Å². The second-order valence-electron chi connectivity index (χ2n) is 7.58. The average molecular weight is 343 g/mol.